The van der Waals surface area contributed by atoms with Gasteiger partial charge in [0.25, 0.3) is 5.91 Å². The van der Waals surface area contributed by atoms with Crippen LogP contribution < -0.4 is 0 Å². The Hall–Kier alpha value is -4.19. The van der Waals surface area contributed by atoms with Crippen LogP contribution in [0.1, 0.15) is 56.2 Å². The molecule has 0 aliphatic heterocycles. The lowest BCUT2D eigenvalue weighted by atomic mass is 9.97. The Morgan fingerprint density at radius 1 is 0.886 bits per heavy atom. The van der Waals surface area contributed by atoms with Crippen LogP contribution in [0.3, 0.4) is 0 Å². The van der Waals surface area contributed by atoms with Crippen LogP contribution in [0.5, 0.6) is 0 Å². The number of aryl methyl sites for hydroxylation is 1. The molecule has 1 heterocycles. The SMILES string of the molecule is CCOC(=O)c1c(C)nn(-c2ccc(C(=O)N(C)C(c3ccccc3)c3ccccc3)cc2)c1C. The summed E-state index contributed by atoms with van der Waals surface area (Å²) in [6.07, 6.45) is 0. The number of hydrogen-bond acceptors (Lipinski definition) is 4. The maximum absolute atomic E-state index is 13.5. The van der Waals surface area contributed by atoms with Gasteiger partial charge in [-0.15, -0.1) is 0 Å². The van der Waals surface area contributed by atoms with Gasteiger partial charge in [-0.05, 0) is 56.2 Å². The van der Waals surface area contributed by atoms with E-state index >= 15 is 0 Å². The highest BCUT2D eigenvalue weighted by Crippen LogP contribution is 2.29. The summed E-state index contributed by atoms with van der Waals surface area (Å²) >= 11 is 0. The molecule has 6 heteroatoms. The van der Waals surface area contributed by atoms with Crippen LogP contribution in [-0.4, -0.2) is 40.2 Å². The van der Waals surface area contributed by atoms with Gasteiger partial charge >= 0.3 is 5.97 Å². The van der Waals surface area contributed by atoms with Crippen molar-refractivity contribution >= 4 is 11.9 Å². The quantitative estimate of drug-likeness (QED) is 0.335. The van der Waals surface area contributed by atoms with Gasteiger partial charge in [-0.3, -0.25) is 4.79 Å². The number of hydrogen-bond donors (Lipinski definition) is 0. The zero-order chi connectivity index (χ0) is 24.9. The average Bonchev–Trinajstić information content (AvgIpc) is 3.19. The lowest BCUT2D eigenvalue weighted by Crippen LogP contribution is -2.32. The fourth-order valence-electron chi connectivity index (χ4n) is 4.37. The molecule has 0 atom stereocenters. The van der Waals surface area contributed by atoms with E-state index in [-0.39, 0.29) is 17.9 Å². The predicted molar refractivity (Wildman–Crippen MR) is 136 cm³/mol. The molecule has 0 saturated carbocycles. The standard InChI is InChI=1S/C29H29N3O3/c1-5-35-29(34)26-20(2)30-32(21(26)3)25-18-16-24(17-19-25)28(33)31(4)27(22-12-8-6-9-13-22)23-14-10-7-11-15-23/h6-19,27H,5H2,1-4H3. The topological polar surface area (TPSA) is 64.4 Å². The zero-order valence-corrected chi connectivity index (χ0v) is 20.4. The zero-order valence-electron chi connectivity index (χ0n) is 20.4. The molecule has 0 aliphatic rings. The highest BCUT2D eigenvalue weighted by molar-refractivity contribution is 5.95. The number of carbonyl (C=O) groups excluding carboxylic acids is 2. The number of nitrogens with zero attached hydrogens (tertiary/aromatic N) is 3. The van der Waals surface area contributed by atoms with E-state index in [0.29, 0.717) is 29.1 Å². The lowest BCUT2D eigenvalue weighted by molar-refractivity contribution is 0.0524. The molecular formula is C29H29N3O3. The second-order valence-corrected chi connectivity index (χ2v) is 8.36. The van der Waals surface area contributed by atoms with Gasteiger partial charge in [-0.25, -0.2) is 9.48 Å². The first-order valence-corrected chi connectivity index (χ1v) is 11.6. The first-order chi connectivity index (χ1) is 16.9. The van der Waals surface area contributed by atoms with E-state index in [4.69, 9.17) is 4.74 Å². The fraction of sp³-hybridized carbons (Fsp3) is 0.207. The van der Waals surface area contributed by atoms with E-state index < -0.39 is 0 Å². The maximum atomic E-state index is 13.5. The number of ether oxygens (including phenoxy) is 1. The fourth-order valence-corrected chi connectivity index (χ4v) is 4.37. The largest absolute Gasteiger partial charge is 0.462 e. The number of carbonyl (C=O) groups is 2. The van der Waals surface area contributed by atoms with Crippen molar-refractivity contribution in [1.29, 1.82) is 0 Å². The molecule has 1 aromatic heterocycles. The Kier molecular flexibility index (Phi) is 7.11. The molecule has 35 heavy (non-hydrogen) atoms. The van der Waals surface area contributed by atoms with Crippen LogP contribution in [0.15, 0.2) is 84.9 Å². The summed E-state index contributed by atoms with van der Waals surface area (Å²) in [4.78, 5) is 27.6. The molecule has 3 aromatic carbocycles. The minimum absolute atomic E-state index is 0.0881. The van der Waals surface area contributed by atoms with Gasteiger partial charge in [-0.1, -0.05) is 60.7 Å². The summed E-state index contributed by atoms with van der Waals surface area (Å²) in [7, 11) is 1.83. The molecule has 4 rings (SSSR count). The molecule has 0 fully saturated rings. The summed E-state index contributed by atoms with van der Waals surface area (Å²) in [6, 6.07) is 27.1. The van der Waals surface area contributed by atoms with E-state index in [1.807, 2.05) is 86.8 Å². The van der Waals surface area contributed by atoms with E-state index in [9.17, 15) is 9.59 Å². The van der Waals surface area contributed by atoms with Crippen molar-refractivity contribution < 1.29 is 14.3 Å². The minimum atomic E-state index is -0.380. The van der Waals surface area contributed by atoms with Gasteiger partial charge in [0.1, 0.15) is 5.56 Å². The highest BCUT2D eigenvalue weighted by Gasteiger charge is 2.25. The normalized spacial score (nSPS) is 10.9. The lowest BCUT2D eigenvalue weighted by Gasteiger charge is -2.29. The molecule has 0 saturated heterocycles. The summed E-state index contributed by atoms with van der Waals surface area (Å²) in [5.41, 5.74) is 5.20. The summed E-state index contributed by atoms with van der Waals surface area (Å²) in [6.45, 7) is 5.71. The third kappa shape index (κ3) is 4.87. The van der Waals surface area contributed by atoms with Gasteiger partial charge in [0.15, 0.2) is 0 Å². The maximum Gasteiger partial charge on any atom is 0.341 e. The summed E-state index contributed by atoms with van der Waals surface area (Å²) < 4.78 is 6.87. The van der Waals surface area contributed by atoms with Crippen molar-refractivity contribution in [3.8, 4) is 5.69 Å². The van der Waals surface area contributed by atoms with E-state index in [1.54, 1.807) is 35.6 Å². The summed E-state index contributed by atoms with van der Waals surface area (Å²) in [5, 5.41) is 4.52. The number of rotatable bonds is 7. The van der Waals surface area contributed by atoms with Gasteiger partial charge < -0.3 is 9.64 Å². The van der Waals surface area contributed by atoms with Crippen LogP contribution in [0.25, 0.3) is 5.69 Å². The molecule has 0 unspecified atom stereocenters. The molecule has 0 spiro atoms. The van der Waals surface area contributed by atoms with Crippen molar-refractivity contribution in [3.05, 3.63) is 119 Å². The van der Waals surface area contributed by atoms with Crippen LogP contribution in [0.4, 0.5) is 0 Å². The van der Waals surface area contributed by atoms with Gasteiger partial charge in [0.05, 0.1) is 29.7 Å². The number of amides is 1. The molecule has 4 aromatic rings. The van der Waals surface area contributed by atoms with Crippen molar-refractivity contribution in [2.75, 3.05) is 13.7 Å². The van der Waals surface area contributed by atoms with E-state index in [1.165, 1.54) is 0 Å². The third-order valence-corrected chi connectivity index (χ3v) is 6.07. The Morgan fingerprint density at radius 3 is 1.94 bits per heavy atom. The monoisotopic (exact) mass is 467 g/mol. The second kappa shape index (κ2) is 10.4. The Labute approximate surface area is 205 Å². The number of esters is 1. The minimum Gasteiger partial charge on any atom is -0.462 e. The summed E-state index contributed by atoms with van der Waals surface area (Å²) in [5.74, 6) is -0.468. The molecule has 6 nitrogen and oxygen atoms in total. The van der Waals surface area contributed by atoms with Crippen LogP contribution >= 0.6 is 0 Å². The third-order valence-electron chi connectivity index (χ3n) is 6.07. The van der Waals surface area contributed by atoms with Crippen LogP contribution in [0.2, 0.25) is 0 Å². The Bertz CT molecular complexity index is 1270. The van der Waals surface area contributed by atoms with Gasteiger partial charge in [0, 0.05) is 12.6 Å². The smallest absolute Gasteiger partial charge is 0.341 e. The Balaban J connectivity index is 1.62. The van der Waals surface area contributed by atoms with Gasteiger partial charge in [0.2, 0.25) is 0 Å². The molecule has 0 N–H and O–H groups in total. The van der Waals surface area contributed by atoms with Crippen molar-refractivity contribution in [2.45, 2.75) is 26.8 Å². The number of benzene rings is 3. The molecule has 0 aliphatic carbocycles. The molecule has 178 valence electrons. The van der Waals surface area contributed by atoms with Crippen LogP contribution in [-0.2, 0) is 4.74 Å². The first kappa shape index (κ1) is 24.0. The molecule has 1 amide bonds. The van der Waals surface area contributed by atoms with Crippen molar-refractivity contribution in [1.82, 2.24) is 14.7 Å². The second-order valence-electron chi connectivity index (χ2n) is 8.36. The van der Waals surface area contributed by atoms with E-state index in [0.717, 1.165) is 16.8 Å². The predicted octanol–water partition coefficient (Wildman–Crippen LogP) is 5.53. The number of aromatic nitrogens is 2. The highest BCUT2D eigenvalue weighted by atomic mass is 16.5. The van der Waals surface area contributed by atoms with Crippen LogP contribution in [0, 0.1) is 13.8 Å². The van der Waals surface area contributed by atoms with Crippen molar-refractivity contribution in [3.63, 3.8) is 0 Å². The first-order valence-electron chi connectivity index (χ1n) is 11.6. The van der Waals surface area contributed by atoms with Crippen molar-refractivity contribution in [2.24, 2.45) is 0 Å². The average molecular weight is 468 g/mol. The molecular weight excluding hydrogens is 438 g/mol. The molecule has 0 radical (unpaired) electrons. The van der Waals surface area contributed by atoms with Gasteiger partial charge in [-0.2, -0.15) is 5.10 Å². The van der Waals surface area contributed by atoms with E-state index in [2.05, 4.69) is 5.10 Å². The molecule has 0 bridgehead atoms. The Morgan fingerprint density at radius 2 is 1.43 bits per heavy atom.